The number of hydrogen-bond donors (Lipinski definition) is 1. The second-order valence-electron chi connectivity index (χ2n) is 6.61. The Hall–Kier alpha value is -3.38. The predicted octanol–water partition coefficient (Wildman–Crippen LogP) is 4.29. The minimum absolute atomic E-state index is 0.306. The van der Waals surface area contributed by atoms with Gasteiger partial charge in [0.15, 0.2) is 5.11 Å². The molecule has 0 aliphatic heterocycles. The van der Waals surface area contributed by atoms with Crippen LogP contribution in [0, 0.1) is 0 Å². The Bertz CT molecular complexity index is 964. The van der Waals surface area contributed by atoms with Gasteiger partial charge in [-0.15, -0.1) is 0 Å². The van der Waals surface area contributed by atoms with Gasteiger partial charge in [0.05, 0.1) is 5.56 Å². The first-order chi connectivity index (χ1) is 14.6. The fourth-order valence-corrected chi connectivity index (χ4v) is 2.95. The molecule has 0 aliphatic carbocycles. The van der Waals surface area contributed by atoms with Crippen molar-refractivity contribution in [1.29, 1.82) is 0 Å². The van der Waals surface area contributed by atoms with Crippen molar-refractivity contribution in [3.63, 3.8) is 0 Å². The molecule has 0 spiro atoms. The highest BCUT2D eigenvalue weighted by Crippen LogP contribution is 2.18. The summed E-state index contributed by atoms with van der Waals surface area (Å²) in [6.07, 6.45) is 0. The van der Waals surface area contributed by atoms with E-state index in [2.05, 4.69) is 5.32 Å². The monoisotopic (exact) mass is 420 g/mol. The average molecular weight is 421 g/mol. The summed E-state index contributed by atoms with van der Waals surface area (Å²) in [7, 11) is 1.85. The Morgan fingerprint density at radius 1 is 0.867 bits per heavy atom. The van der Waals surface area contributed by atoms with Crippen molar-refractivity contribution in [2.75, 3.05) is 20.3 Å². The molecule has 154 valence electrons. The predicted molar refractivity (Wildman–Crippen MR) is 122 cm³/mol. The Kier molecular flexibility index (Phi) is 7.80. The Balaban J connectivity index is 1.53. The molecule has 0 radical (unpaired) electrons. The molecular weight excluding hydrogens is 396 g/mol. The summed E-state index contributed by atoms with van der Waals surface area (Å²) in [5, 5.41) is 3.13. The zero-order valence-corrected chi connectivity index (χ0v) is 17.6. The summed E-state index contributed by atoms with van der Waals surface area (Å²) in [5.74, 6) is 0.957. The van der Waals surface area contributed by atoms with Crippen molar-refractivity contribution in [3.8, 4) is 11.5 Å². The number of thiocarbonyl (C=S) groups is 1. The minimum Gasteiger partial charge on any atom is -0.490 e. The first-order valence-corrected chi connectivity index (χ1v) is 10.0. The second-order valence-corrected chi connectivity index (χ2v) is 6.99. The topological polar surface area (TPSA) is 50.8 Å². The molecule has 0 heterocycles. The van der Waals surface area contributed by atoms with Gasteiger partial charge in [0.2, 0.25) is 0 Å². The number of nitrogens with zero attached hydrogens (tertiary/aromatic N) is 1. The fourth-order valence-electron chi connectivity index (χ4n) is 2.80. The van der Waals surface area contributed by atoms with Crippen molar-refractivity contribution in [3.05, 3.63) is 96.1 Å². The normalized spacial score (nSPS) is 10.2. The molecule has 0 saturated heterocycles. The van der Waals surface area contributed by atoms with E-state index in [0.29, 0.717) is 36.2 Å². The van der Waals surface area contributed by atoms with E-state index < -0.39 is 0 Å². The SMILES string of the molecule is CN(Cc1ccccc1)C(=S)NC(=O)c1ccccc1OCCOc1ccccc1. The summed E-state index contributed by atoms with van der Waals surface area (Å²) < 4.78 is 11.4. The van der Waals surface area contributed by atoms with Crippen LogP contribution in [0.1, 0.15) is 15.9 Å². The summed E-state index contributed by atoms with van der Waals surface area (Å²) in [6, 6.07) is 26.5. The third-order valence-electron chi connectivity index (χ3n) is 4.31. The number of benzene rings is 3. The maximum absolute atomic E-state index is 12.8. The lowest BCUT2D eigenvalue weighted by Gasteiger charge is -2.21. The van der Waals surface area contributed by atoms with Crippen LogP contribution in [-0.2, 0) is 6.54 Å². The van der Waals surface area contributed by atoms with Crippen LogP contribution >= 0.6 is 12.2 Å². The molecule has 0 aliphatic rings. The maximum atomic E-state index is 12.8. The first kappa shape index (κ1) is 21.3. The van der Waals surface area contributed by atoms with Gasteiger partial charge in [-0.05, 0) is 42.0 Å². The number of nitrogens with one attached hydrogen (secondary N) is 1. The van der Waals surface area contributed by atoms with E-state index in [1.165, 1.54) is 0 Å². The zero-order chi connectivity index (χ0) is 21.2. The van der Waals surface area contributed by atoms with Crippen LogP contribution in [0.5, 0.6) is 11.5 Å². The Morgan fingerprint density at radius 3 is 2.20 bits per heavy atom. The van der Waals surface area contributed by atoms with Gasteiger partial charge in [0.1, 0.15) is 24.7 Å². The molecule has 30 heavy (non-hydrogen) atoms. The van der Waals surface area contributed by atoms with Gasteiger partial charge in [0, 0.05) is 13.6 Å². The molecule has 0 fully saturated rings. The maximum Gasteiger partial charge on any atom is 0.261 e. The van der Waals surface area contributed by atoms with Gasteiger partial charge in [-0.3, -0.25) is 10.1 Å². The van der Waals surface area contributed by atoms with Crippen LogP contribution in [0.3, 0.4) is 0 Å². The van der Waals surface area contributed by atoms with E-state index in [-0.39, 0.29) is 5.91 Å². The van der Waals surface area contributed by atoms with Crippen LogP contribution in [0.15, 0.2) is 84.9 Å². The number of para-hydroxylation sites is 2. The lowest BCUT2D eigenvalue weighted by molar-refractivity contribution is 0.0968. The van der Waals surface area contributed by atoms with Crippen LogP contribution in [0.25, 0.3) is 0 Å². The first-order valence-electron chi connectivity index (χ1n) is 9.63. The fraction of sp³-hybridized carbons (Fsp3) is 0.167. The standard InChI is InChI=1S/C24H24N2O3S/c1-26(18-19-10-4-2-5-11-19)24(30)25-23(27)21-14-8-9-15-22(21)29-17-16-28-20-12-6-3-7-13-20/h2-15H,16-18H2,1H3,(H,25,27,30). The molecule has 3 aromatic carbocycles. The molecule has 1 amide bonds. The third-order valence-corrected chi connectivity index (χ3v) is 4.73. The van der Waals surface area contributed by atoms with Gasteiger partial charge < -0.3 is 14.4 Å². The van der Waals surface area contributed by atoms with Crippen molar-refractivity contribution in [2.24, 2.45) is 0 Å². The van der Waals surface area contributed by atoms with E-state index >= 15 is 0 Å². The number of amides is 1. The number of rotatable bonds is 8. The lowest BCUT2D eigenvalue weighted by Crippen LogP contribution is -2.40. The number of hydrogen-bond acceptors (Lipinski definition) is 4. The quantitative estimate of drug-likeness (QED) is 0.435. The molecule has 0 aromatic heterocycles. The highest BCUT2D eigenvalue weighted by atomic mass is 32.1. The molecule has 1 N–H and O–H groups in total. The van der Waals surface area contributed by atoms with Crippen molar-refractivity contribution < 1.29 is 14.3 Å². The molecule has 3 rings (SSSR count). The van der Waals surface area contributed by atoms with Gasteiger partial charge in [-0.25, -0.2) is 0 Å². The molecular formula is C24H24N2O3S. The third kappa shape index (κ3) is 6.32. The zero-order valence-electron chi connectivity index (χ0n) is 16.8. The highest BCUT2D eigenvalue weighted by molar-refractivity contribution is 7.80. The van der Waals surface area contributed by atoms with Crippen molar-refractivity contribution in [1.82, 2.24) is 10.2 Å². The van der Waals surface area contributed by atoms with Crippen molar-refractivity contribution >= 4 is 23.2 Å². The molecule has 0 unspecified atom stereocenters. The minimum atomic E-state index is -0.306. The molecule has 3 aromatic rings. The molecule has 0 atom stereocenters. The van der Waals surface area contributed by atoms with E-state index in [4.69, 9.17) is 21.7 Å². The second kappa shape index (κ2) is 11.0. The molecule has 0 bridgehead atoms. The lowest BCUT2D eigenvalue weighted by atomic mass is 10.2. The summed E-state index contributed by atoms with van der Waals surface area (Å²) >= 11 is 5.39. The Labute approximate surface area is 182 Å². The van der Waals surface area contributed by atoms with Gasteiger partial charge in [-0.2, -0.15) is 0 Å². The van der Waals surface area contributed by atoms with Crippen LogP contribution in [-0.4, -0.2) is 36.2 Å². The smallest absolute Gasteiger partial charge is 0.261 e. The van der Waals surface area contributed by atoms with E-state index in [1.54, 1.807) is 18.2 Å². The number of ether oxygens (including phenoxy) is 2. The van der Waals surface area contributed by atoms with Gasteiger partial charge in [0.25, 0.3) is 5.91 Å². The van der Waals surface area contributed by atoms with E-state index in [1.807, 2.05) is 78.7 Å². The van der Waals surface area contributed by atoms with Crippen LogP contribution in [0.4, 0.5) is 0 Å². The van der Waals surface area contributed by atoms with E-state index in [0.717, 1.165) is 11.3 Å². The van der Waals surface area contributed by atoms with Crippen molar-refractivity contribution in [2.45, 2.75) is 6.54 Å². The number of carbonyl (C=O) groups excluding carboxylic acids is 1. The highest BCUT2D eigenvalue weighted by Gasteiger charge is 2.15. The Morgan fingerprint density at radius 2 is 1.47 bits per heavy atom. The van der Waals surface area contributed by atoms with Crippen LogP contribution < -0.4 is 14.8 Å². The molecule has 0 saturated carbocycles. The molecule has 6 heteroatoms. The summed E-state index contributed by atoms with van der Waals surface area (Å²) in [6.45, 7) is 1.30. The summed E-state index contributed by atoms with van der Waals surface area (Å²) in [4.78, 5) is 14.6. The van der Waals surface area contributed by atoms with Gasteiger partial charge >= 0.3 is 0 Å². The van der Waals surface area contributed by atoms with E-state index in [9.17, 15) is 4.79 Å². The molecule has 5 nitrogen and oxygen atoms in total. The largest absolute Gasteiger partial charge is 0.490 e. The average Bonchev–Trinajstić information content (AvgIpc) is 2.78. The summed E-state index contributed by atoms with van der Waals surface area (Å²) in [5.41, 5.74) is 1.53. The van der Waals surface area contributed by atoms with Gasteiger partial charge in [-0.1, -0.05) is 60.7 Å². The van der Waals surface area contributed by atoms with Crippen LogP contribution in [0.2, 0.25) is 0 Å². The number of carbonyl (C=O) groups is 1.